The summed E-state index contributed by atoms with van der Waals surface area (Å²) >= 11 is 0. The quantitative estimate of drug-likeness (QED) is 0.356. The molecule has 0 unspecified atom stereocenters. The molecule has 1 aromatic heterocycles. The fraction of sp³-hybridized carbons (Fsp3) is 0.407. The van der Waals surface area contributed by atoms with Crippen LogP contribution in [0.5, 0.6) is 11.5 Å². The van der Waals surface area contributed by atoms with Crippen LogP contribution >= 0.6 is 0 Å². The number of aryl methyl sites for hydroxylation is 1. The molecule has 1 N–H and O–H groups in total. The molecule has 5 heteroatoms. The smallest absolute Gasteiger partial charge is 0.166 e. The number of nitrogens with zero attached hydrogens (tertiary/aromatic N) is 2. The lowest BCUT2D eigenvalue weighted by Gasteiger charge is -2.21. The van der Waals surface area contributed by atoms with Gasteiger partial charge in [-0.3, -0.25) is 0 Å². The first-order chi connectivity index (χ1) is 15.8. The van der Waals surface area contributed by atoms with E-state index in [0.29, 0.717) is 12.4 Å². The predicted octanol–water partition coefficient (Wildman–Crippen LogP) is 6.85. The monoisotopic (exact) mass is 431 g/mol. The Kier molecular flexibility index (Phi) is 7.96. The first-order valence-corrected chi connectivity index (χ1v) is 11.8. The topological polar surface area (TPSA) is 56.3 Å². The standard InChI is InChI=1S/C27H33N3O2/c1-21-18-25(32-20-27-28-15-7-16-29-27)13-14-26(21)30-23-11-5-12-24(19-23)31-17-6-10-22-8-3-2-4-9-22/h5,7,11-16,18-19,22,30H,2-4,6,8-10,17,20H2,1H3. The Hall–Kier alpha value is -3.08. The second kappa shape index (κ2) is 11.5. The minimum absolute atomic E-state index is 0.354. The summed E-state index contributed by atoms with van der Waals surface area (Å²) in [5, 5.41) is 3.50. The molecule has 32 heavy (non-hydrogen) atoms. The number of ether oxygens (including phenoxy) is 2. The van der Waals surface area contributed by atoms with E-state index in [4.69, 9.17) is 9.47 Å². The first kappa shape index (κ1) is 22.1. The van der Waals surface area contributed by atoms with Crippen molar-refractivity contribution in [2.75, 3.05) is 11.9 Å². The second-order valence-corrected chi connectivity index (χ2v) is 8.58. The van der Waals surface area contributed by atoms with Crippen LogP contribution in [0.25, 0.3) is 0 Å². The highest BCUT2D eigenvalue weighted by molar-refractivity contribution is 5.65. The number of anilines is 2. The zero-order valence-electron chi connectivity index (χ0n) is 18.9. The highest BCUT2D eigenvalue weighted by Gasteiger charge is 2.12. The predicted molar refractivity (Wildman–Crippen MR) is 129 cm³/mol. The van der Waals surface area contributed by atoms with Crippen LogP contribution < -0.4 is 14.8 Å². The average Bonchev–Trinajstić information content (AvgIpc) is 2.84. The SMILES string of the molecule is Cc1cc(OCc2ncccn2)ccc1Nc1cccc(OCCCC2CCCCC2)c1. The molecule has 168 valence electrons. The summed E-state index contributed by atoms with van der Waals surface area (Å²) in [5.41, 5.74) is 3.17. The van der Waals surface area contributed by atoms with E-state index in [1.807, 2.05) is 30.3 Å². The van der Waals surface area contributed by atoms with E-state index in [1.165, 1.54) is 38.5 Å². The van der Waals surface area contributed by atoms with Gasteiger partial charge in [-0.25, -0.2) is 9.97 Å². The van der Waals surface area contributed by atoms with Crippen LogP contribution in [0.2, 0.25) is 0 Å². The van der Waals surface area contributed by atoms with Gasteiger partial charge in [-0.05, 0) is 67.6 Å². The van der Waals surface area contributed by atoms with Gasteiger partial charge < -0.3 is 14.8 Å². The molecule has 0 bridgehead atoms. The lowest BCUT2D eigenvalue weighted by Crippen LogP contribution is -2.08. The van der Waals surface area contributed by atoms with Crippen molar-refractivity contribution in [3.8, 4) is 11.5 Å². The Morgan fingerprint density at radius 1 is 0.906 bits per heavy atom. The van der Waals surface area contributed by atoms with Crippen LogP contribution in [0.3, 0.4) is 0 Å². The van der Waals surface area contributed by atoms with Crippen molar-refractivity contribution in [3.05, 3.63) is 72.3 Å². The van der Waals surface area contributed by atoms with Crippen molar-refractivity contribution < 1.29 is 9.47 Å². The second-order valence-electron chi connectivity index (χ2n) is 8.58. The molecule has 1 aliphatic carbocycles. The Morgan fingerprint density at radius 3 is 2.53 bits per heavy atom. The van der Waals surface area contributed by atoms with Gasteiger partial charge in [-0.15, -0.1) is 0 Å². The summed E-state index contributed by atoms with van der Waals surface area (Å²) in [6.45, 7) is 3.21. The first-order valence-electron chi connectivity index (χ1n) is 11.8. The molecule has 1 heterocycles. The average molecular weight is 432 g/mol. The van der Waals surface area contributed by atoms with Gasteiger partial charge in [0.2, 0.25) is 0 Å². The van der Waals surface area contributed by atoms with Crippen molar-refractivity contribution >= 4 is 11.4 Å². The van der Waals surface area contributed by atoms with Crippen LogP contribution in [-0.2, 0) is 6.61 Å². The molecule has 0 spiro atoms. The summed E-state index contributed by atoms with van der Waals surface area (Å²) in [6.07, 6.45) is 12.9. The summed E-state index contributed by atoms with van der Waals surface area (Å²) in [5.74, 6) is 3.30. The van der Waals surface area contributed by atoms with Gasteiger partial charge in [0.1, 0.15) is 18.1 Å². The third kappa shape index (κ3) is 6.71. The molecule has 1 aliphatic rings. The number of nitrogens with one attached hydrogen (secondary N) is 1. The van der Waals surface area contributed by atoms with Crippen molar-refractivity contribution in [2.45, 2.75) is 58.5 Å². The number of rotatable bonds is 10. The Balaban J connectivity index is 1.26. The van der Waals surface area contributed by atoms with Crippen LogP contribution in [-0.4, -0.2) is 16.6 Å². The van der Waals surface area contributed by atoms with Gasteiger partial charge in [0.05, 0.1) is 6.61 Å². The summed E-state index contributed by atoms with van der Waals surface area (Å²) in [6, 6.07) is 16.0. The van der Waals surface area contributed by atoms with Crippen molar-refractivity contribution in [1.29, 1.82) is 0 Å². The molecule has 1 fully saturated rings. The van der Waals surface area contributed by atoms with E-state index in [1.54, 1.807) is 18.5 Å². The van der Waals surface area contributed by atoms with Crippen LogP contribution in [0.1, 0.15) is 56.3 Å². The maximum atomic E-state index is 6.03. The van der Waals surface area contributed by atoms with Gasteiger partial charge >= 0.3 is 0 Å². The molecular formula is C27H33N3O2. The van der Waals surface area contributed by atoms with E-state index < -0.39 is 0 Å². The third-order valence-corrected chi connectivity index (χ3v) is 6.05. The number of benzene rings is 2. The molecule has 0 radical (unpaired) electrons. The zero-order chi connectivity index (χ0) is 22.0. The van der Waals surface area contributed by atoms with Crippen LogP contribution in [0.15, 0.2) is 60.9 Å². The zero-order valence-corrected chi connectivity index (χ0v) is 18.9. The molecule has 4 rings (SSSR count). The maximum Gasteiger partial charge on any atom is 0.166 e. The van der Waals surface area contributed by atoms with Gasteiger partial charge in [-0.2, -0.15) is 0 Å². The van der Waals surface area contributed by atoms with Gasteiger partial charge in [0.15, 0.2) is 5.82 Å². The minimum atomic E-state index is 0.354. The molecule has 5 nitrogen and oxygen atoms in total. The highest BCUT2D eigenvalue weighted by atomic mass is 16.5. The number of hydrogen-bond donors (Lipinski definition) is 1. The molecule has 2 aromatic carbocycles. The third-order valence-electron chi connectivity index (χ3n) is 6.05. The van der Waals surface area contributed by atoms with Gasteiger partial charge in [0.25, 0.3) is 0 Å². The summed E-state index contributed by atoms with van der Waals surface area (Å²) in [4.78, 5) is 8.38. The largest absolute Gasteiger partial charge is 0.494 e. The Labute approximate surface area is 191 Å². The Bertz CT molecular complexity index is 972. The van der Waals surface area contributed by atoms with Crippen molar-refractivity contribution in [3.63, 3.8) is 0 Å². The highest BCUT2D eigenvalue weighted by Crippen LogP contribution is 2.29. The minimum Gasteiger partial charge on any atom is -0.494 e. The summed E-state index contributed by atoms with van der Waals surface area (Å²) in [7, 11) is 0. The van der Waals surface area contributed by atoms with E-state index in [2.05, 4.69) is 34.3 Å². The molecule has 0 saturated heterocycles. The van der Waals surface area contributed by atoms with Crippen molar-refractivity contribution in [1.82, 2.24) is 9.97 Å². The van der Waals surface area contributed by atoms with Crippen LogP contribution in [0, 0.1) is 12.8 Å². The lowest BCUT2D eigenvalue weighted by molar-refractivity contribution is 0.269. The molecule has 0 amide bonds. The van der Waals surface area contributed by atoms with E-state index in [0.717, 1.165) is 47.4 Å². The number of hydrogen-bond acceptors (Lipinski definition) is 5. The van der Waals surface area contributed by atoms with Gasteiger partial charge in [-0.1, -0.05) is 38.2 Å². The summed E-state index contributed by atoms with van der Waals surface area (Å²) < 4.78 is 11.8. The normalized spacial score (nSPS) is 14.2. The van der Waals surface area contributed by atoms with Gasteiger partial charge in [0, 0.05) is 29.8 Å². The van der Waals surface area contributed by atoms with Crippen molar-refractivity contribution in [2.24, 2.45) is 5.92 Å². The molecule has 0 aliphatic heterocycles. The maximum absolute atomic E-state index is 6.03. The molecular weight excluding hydrogens is 398 g/mol. The lowest BCUT2D eigenvalue weighted by atomic mass is 9.86. The fourth-order valence-electron chi connectivity index (χ4n) is 4.28. The molecule has 3 aromatic rings. The Morgan fingerprint density at radius 2 is 1.72 bits per heavy atom. The van der Waals surface area contributed by atoms with Crippen LogP contribution in [0.4, 0.5) is 11.4 Å². The fourth-order valence-corrected chi connectivity index (χ4v) is 4.28. The number of aromatic nitrogens is 2. The molecule has 1 saturated carbocycles. The van der Waals surface area contributed by atoms with E-state index in [9.17, 15) is 0 Å². The molecule has 0 atom stereocenters. The van der Waals surface area contributed by atoms with E-state index >= 15 is 0 Å². The van der Waals surface area contributed by atoms with E-state index in [-0.39, 0.29) is 0 Å².